The molecule has 180 valence electrons. The minimum absolute atomic E-state index is 0.140. The van der Waals surface area contributed by atoms with Crippen molar-refractivity contribution in [2.75, 3.05) is 11.9 Å². The minimum Gasteiger partial charge on any atom is -0.504 e. The zero-order valence-corrected chi connectivity index (χ0v) is 20.3. The first kappa shape index (κ1) is 25.1. The first-order valence-corrected chi connectivity index (χ1v) is 11.7. The molecule has 6 heteroatoms. The number of benzene rings is 3. The van der Waals surface area contributed by atoms with Crippen LogP contribution in [0.4, 0.5) is 10.5 Å². The molecule has 0 saturated carbocycles. The largest absolute Gasteiger partial charge is 0.504 e. The number of urea groups is 1. The number of phenols is 2. The molecule has 0 aromatic heterocycles. The van der Waals surface area contributed by atoms with E-state index in [0.717, 1.165) is 22.4 Å². The third-order valence-corrected chi connectivity index (χ3v) is 5.92. The van der Waals surface area contributed by atoms with Crippen molar-refractivity contribution in [1.29, 1.82) is 0 Å². The van der Waals surface area contributed by atoms with Gasteiger partial charge < -0.3 is 26.2 Å². The number of hydrogen-bond acceptors (Lipinski definition) is 4. The second-order valence-corrected chi connectivity index (χ2v) is 9.08. The lowest BCUT2D eigenvalue weighted by Gasteiger charge is -2.23. The van der Waals surface area contributed by atoms with Crippen molar-refractivity contribution < 1.29 is 15.0 Å². The summed E-state index contributed by atoms with van der Waals surface area (Å²) < 4.78 is 0. The van der Waals surface area contributed by atoms with E-state index in [4.69, 9.17) is 0 Å². The van der Waals surface area contributed by atoms with Gasteiger partial charge in [-0.3, -0.25) is 0 Å². The highest BCUT2D eigenvalue weighted by Gasteiger charge is 2.18. The van der Waals surface area contributed by atoms with Crippen LogP contribution in [0.25, 0.3) is 0 Å². The van der Waals surface area contributed by atoms with Crippen LogP contribution >= 0.6 is 0 Å². The highest BCUT2D eigenvalue weighted by atomic mass is 16.3. The average Bonchev–Trinajstić information content (AvgIpc) is 2.82. The third kappa shape index (κ3) is 6.29. The standard InChI is InChI=1S/C28H35N3O3/c1-18(2)22-13-9-14-23(19(3)4)26(22)31-28(34)30-17-24(20-10-6-5-7-11-20)29-16-21-12-8-15-25(32)27(21)33/h5-15,18-19,24,29,32-33H,16-17H2,1-4H3,(H2,30,31,34)/t24-/m0/s1. The van der Waals surface area contributed by atoms with E-state index in [9.17, 15) is 15.0 Å². The van der Waals surface area contributed by atoms with E-state index < -0.39 is 0 Å². The Labute approximate surface area is 202 Å². The highest BCUT2D eigenvalue weighted by Crippen LogP contribution is 2.32. The third-order valence-electron chi connectivity index (χ3n) is 5.92. The topological polar surface area (TPSA) is 93.6 Å². The van der Waals surface area contributed by atoms with Crippen LogP contribution in [0.1, 0.15) is 67.8 Å². The molecule has 0 radical (unpaired) electrons. The fourth-order valence-electron chi connectivity index (χ4n) is 3.99. The number of carbonyl (C=O) groups excluding carboxylic acids is 1. The van der Waals surface area contributed by atoms with Gasteiger partial charge in [0.25, 0.3) is 0 Å². The smallest absolute Gasteiger partial charge is 0.319 e. The molecular formula is C28H35N3O3. The summed E-state index contributed by atoms with van der Waals surface area (Å²) in [6, 6.07) is 20.4. The molecule has 0 unspecified atom stereocenters. The summed E-state index contributed by atoms with van der Waals surface area (Å²) in [6.07, 6.45) is 0. The number of rotatable bonds is 9. The predicted molar refractivity (Wildman–Crippen MR) is 137 cm³/mol. The van der Waals surface area contributed by atoms with E-state index in [1.165, 1.54) is 6.07 Å². The average molecular weight is 462 g/mol. The molecule has 3 aromatic rings. The van der Waals surface area contributed by atoms with E-state index in [1.807, 2.05) is 36.4 Å². The summed E-state index contributed by atoms with van der Waals surface area (Å²) in [4.78, 5) is 12.9. The van der Waals surface area contributed by atoms with Gasteiger partial charge >= 0.3 is 6.03 Å². The lowest BCUT2D eigenvalue weighted by molar-refractivity contribution is 0.250. The maximum Gasteiger partial charge on any atom is 0.319 e. The van der Waals surface area contributed by atoms with Crippen molar-refractivity contribution in [3.63, 3.8) is 0 Å². The molecule has 0 aliphatic rings. The molecule has 0 bridgehead atoms. The van der Waals surface area contributed by atoms with E-state index in [2.05, 4.69) is 55.8 Å². The van der Waals surface area contributed by atoms with Crippen molar-refractivity contribution in [1.82, 2.24) is 10.6 Å². The Kier molecular flexibility index (Phi) is 8.55. The van der Waals surface area contributed by atoms with Gasteiger partial charge in [0.1, 0.15) is 0 Å². The zero-order valence-electron chi connectivity index (χ0n) is 20.3. The number of hydrogen-bond donors (Lipinski definition) is 5. The fraction of sp³-hybridized carbons (Fsp3) is 0.321. The summed E-state index contributed by atoms with van der Waals surface area (Å²) in [7, 11) is 0. The van der Waals surface area contributed by atoms with Gasteiger partial charge in [-0.2, -0.15) is 0 Å². The Morgan fingerprint density at radius 2 is 1.44 bits per heavy atom. The molecule has 0 aliphatic heterocycles. The lowest BCUT2D eigenvalue weighted by Crippen LogP contribution is -2.37. The van der Waals surface area contributed by atoms with E-state index in [1.54, 1.807) is 12.1 Å². The molecule has 5 N–H and O–H groups in total. The normalized spacial score (nSPS) is 12.1. The Hall–Kier alpha value is -3.51. The molecule has 0 aliphatic carbocycles. The summed E-state index contributed by atoms with van der Waals surface area (Å²) in [5, 5.41) is 29.4. The fourth-order valence-corrected chi connectivity index (χ4v) is 3.99. The van der Waals surface area contributed by atoms with E-state index in [-0.39, 0.29) is 35.4 Å². The van der Waals surface area contributed by atoms with Crippen molar-refractivity contribution in [2.24, 2.45) is 0 Å². The van der Waals surface area contributed by atoms with Crippen molar-refractivity contribution in [3.8, 4) is 11.5 Å². The summed E-state index contributed by atoms with van der Waals surface area (Å²) >= 11 is 0. The predicted octanol–water partition coefficient (Wildman–Crippen LogP) is 6.00. The van der Waals surface area contributed by atoms with Gasteiger partial charge in [-0.1, -0.05) is 88.4 Å². The first-order valence-electron chi connectivity index (χ1n) is 11.7. The van der Waals surface area contributed by atoms with Crippen LogP contribution in [-0.4, -0.2) is 22.8 Å². The molecule has 0 saturated heterocycles. The number of phenolic OH excluding ortho intramolecular Hbond substituents is 2. The maximum absolute atomic E-state index is 12.9. The van der Waals surface area contributed by atoms with Crippen LogP contribution in [0.5, 0.6) is 11.5 Å². The maximum atomic E-state index is 12.9. The Morgan fingerprint density at radius 3 is 2.06 bits per heavy atom. The van der Waals surface area contributed by atoms with Gasteiger partial charge in [-0.25, -0.2) is 4.79 Å². The highest BCUT2D eigenvalue weighted by molar-refractivity contribution is 5.91. The number of amides is 2. The number of nitrogens with one attached hydrogen (secondary N) is 3. The van der Waals surface area contributed by atoms with Crippen LogP contribution in [0.15, 0.2) is 66.7 Å². The Bertz CT molecular complexity index is 1070. The monoisotopic (exact) mass is 461 g/mol. The van der Waals surface area contributed by atoms with Crippen molar-refractivity contribution in [2.45, 2.75) is 52.1 Å². The van der Waals surface area contributed by atoms with Gasteiger partial charge in [-0.05, 0) is 34.6 Å². The van der Waals surface area contributed by atoms with Crippen LogP contribution in [0.2, 0.25) is 0 Å². The van der Waals surface area contributed by atoms with Crippen molar-refractivity contribution in [3.05, 3.63) is 89.0 Å². The first-order chi connectivity index (χ1) is 16.3. The van der Waals surface area contributed by atoms with Crippen LogP contribution in [0, 0.1) is 0 Å². The number of para-hydroxylation sites is 2. The van der Waals surface area contributed by atoms with Crippen molar-refractivity contribution >= 4 is 11.7 Å². The molecule has 3 rings (SSSR count). The molecule has 6 nitrogen and oxygen atoms in total. The molecule has 1 atom stereocenters. The summed E-state index contributed by atoms with van der Waals surface area (Å²) in [5.74, 6) is 0.266. The zero-order chi connectivity index (χ0) is 24.7. The minimum atomic E-state index is -0.266. The van der Waals surface area contributed by atoms with Gasteiger partial charge in [-0.15, -0.1) is 0 Å². The second kappa shape index (κ2) is 11.6. The molecule has 0 fully saturated rings. The molecule has 0 spiro atoms. The number of aromatic hydroxyl groups is 2. The Morgan fingerprint density at radius 1 is 0.824 bits per heavy atom. The molecule has 0 heterocycles. The summed E-state index contributed by atoms with van der Waals surface area (Å²) in [6.45, 7) is 9.15. The Balaban J connectivity index is 1.73. The van der Waals surface area contributed by atoms with Gasteiger partial charge in [0.2, 0.25) is 0 Å². The van der Waals surface area contributed by atoms with Crippen LogP contribution in [0.3, 0.4) is 0 Å². The van der Waals surface area contributed by atoms with Crippen LogP contribution < -0.4 is 16.0 Å². The molecule has 2 amide bonds. The van der Waals surface area contributed by atoms with Gasteiger partial charge in [0.05, 0.1) is 0 Å². The molecular weight excluding hydrogens is 426 g/mol. The SMILES string of the molecule is CC(C)c1cccc(C(C)C)c1NC(=O)NC[C@H](NCc1cccc(O)c1O)c1ccccc1. The number of anilines is 1. The lowest BCUT2D eigenvalue weighted by atomic mass is 9.93. The van der Waals surface area contributed by atoms with Gasteiger partial charge in [0, 0.05) is 30.4 Å². The quantitative estimate of drug-likeness (QED) is 0.253. The van der Waals surface area contributed by atoms with Crippen LogP contribution in [-0.2, 0) is 6.54 Å². The number of carbonyl (C=O) groups is 1. The van der Waals surface area contributed by atoms with E-state index in [0.29, 0.717) is 18.7 Å². The van der Waals surface area contributed by atoms with Gasteiger partial charge in [0.15, 0.2) is 11.5 Å². The van der Waals surface area contributed by atoms with E-state index >= 15 is 0 Å². The molecule has 34 heavy (non-hydrogen) atoms. The summed E-state index contributed by atoms with van der Waals surface area (Å²) in [5.41, 5.74) is 4.68. The second-order valence-electron chi connectivity index (χ2n) is 9.08. The molecule has 3 aromatic carbocycles.